The number of hydrazone groups is 1. The maximum atomic E-state index is 11.9. The molecule has 2 heterocycles. The zero-order valence-electron chi connectivity index (χ0n) is 12.6. The first-order valence-electron chi connectivity index (χ1n) is 6.88. The zero-order chi connectivity index (χ0) is 14.9. The molecule has 0 aromatic carbocycles. The van der Waals surface area contributed by atoms with Crippen LogP contribution >= 0.6 is 0 Å². The number of aromatic nitrogens is 1. The summed E-state index contributed by atoms with van der Waals surface area (Å²) < 4.78 is 5.55. The Hall–Kier alpha value is -2.04. The van der Waals surface area contributed by atoms with Crippen molar-refractivity contribution in [2.45, 2.75) is 47.1 Å². The lowest BCUT2D eigenvalue weighted by atomic mass is 10.1. The SMILES string of the molecule is CCc1c(C)[nH]c(/C=C2/C(=O)NN=C2OC(C)C)c1C. The maximum absolute atomic E-state index is 11.9. The average Bonchev–Trinajstić information content (AvgIpc) is 2.83. The monoisotopic (exact) mass is 275 g/mol. The number of amides is 1. The van der Waals surface area contributed by atoms with E-state index >= 15 is 0 Å². The Balaban J connectivity index is 2.38. The van der Waals surface area contributed by atoms with E-state index in [2.05, 4.69) is 29.4 Å². The predicted molar refractivity (Wildman–Crippen MR) is 79.4 cm³/mol. The van der Waals surface area contributed by atoms with Crippen LogP contribution in [-0.2, 0) is 16.0 Å². The van der Waals surface area contributed by atoms with E-state index in [1.807, 2.05) is 26.8 Å². The van der Waals surface area contributed by atoms with Gasteiger partial charge in [0.15, 0.2) is 0 Å². The second kappa shape index (κ2) is 5.53. The number of nitrogens with one attached hydrogen (secondary N) is 2. The lowest BCUT2D eigenvalue weighted by Crippen LogP contribution is -2.16. The Kier molecular flexibility index (Phi) is 3.97. The van der Waals surface area contributed by atoms with Gasteiger partial charge in [-0.25, -0.2) is 5.43 Å². The van der Waals surface area contributed by atoms with Crippen LogP contribution in [0.3, 0.4) is 0 Å². The zero-order valence-corrected chi connectivity index (χ0v) is 12.6. The molecule has 0 fully saturated rings. The van der Waals surface area contributed by atoms with Crippen molar-refractivity contribution in [2.24, 2.45) is 5.10 Å². The molecule has 0 bridgehead atoms. The molecule has 0 saturated heterocycles. The van der Waals surface area contributed by atoms with E-state index in [9.17, 15) is 4.79 Å². The number of hydrogen-bond acceptors (Lipinski definition) is 3. The third-order valence-electron chi connectivity index (χ3n) is 3.36. The van der Waals surface area contributed by atoms with E-state index in [4.69, 9.17) is 4.74 Å². The number of carbonyl (C=O) groups excluding carboxylic acids is 1. The Morgan fingerprint density at radius 1 is 1.35 bits per heavy atom. The first-order valence-corrected chi connectivity index (χ1v) is 6.88. The number of rotatable bonds is 3. The third kappa shape index (κ3) is 2.61. The van der Waals surface area contributed by atoms with E-state index < -0.39 is 0 Å². The molecule has 2 N–H and O–H groups in total. The Morgan fingerprint density at radius 3 is 2.60 bits per heavy atom. The molecule has 5 nitrogen and oxygen atoms in total. The van der Waals surface area contributed by atoms with Crippen LogP contribution in [0.5, 0.6) is 0 Å². The van der Waals surface area contributed by atoms with Gasteiger partial charge in [0, 0.05) is 11.4 Å². The molecular formula is C15H21N3O2. The fraction of sp³-hybridized carbons (Fsp3) is 0.467. The molecule has 0 atom stereocenters. The van der Waals surface area contributed by atoms with Gasteiger partial charge >= 0.3 is 0 Å². The van der Waals surface area contributed by atoms with Crippen molar-refractivity contribution in [2.75, 3.05) is 0 Å². The van der Waals surface area contributed by atoms with E-state index in [-0.39, 0.29) is 12.0 Å². The van der Waals surface area contributed by atoms with Gasteiger partial charge in [0.05, 0.1) is 6.10 Å². The summed E-state index contributed by atoms with van der Waals surface area (Å²) >= 11 is 0. The molecule has 1 aromatic heterocycles. The highest BCUT2D eigenvalue weighted by Crippen LogP contribution is 2.22. The second-order valence-corrected chi connectivity index (χ2v) is 5.20. The van der Waals surface area contributed by atoms with Gasteiger partial charge in [-0.1, -0.05) is 6.92 Å². The van der Waals surface area contributed by atoms with Crippen molar-refractivity contribution < 1.29 is 9.53 Å². The van der Waals surface area contributed by atoms with Gasteiger partial charge in [-0.05, 0) is 51.3 Å². The minimum atomic E-state index is -0.231. The second-order valence-electron chi connectivity index (χ2n) is 5.20. The number of H-pyrrole nitrogens is 1. The molecule has 0 saturated carbocycles. The number of nitrogens with zero attached hydrogens (tertiary/aromatic N) is 1. The van der Waals surface area contributed by atoms with E-state index in [1.165, 1.54) is 11.1 Å². The van der Waals surface area contributed by atoms with E-state index in [0.29, 0.717) is 11.5 Å². The minimum absolute atomic E-state index is 0.0254. The van der Waals surface area contributed by atoms with Crippen molar-refractivity contribution in [3.8, 4) is 0 Å². The molecule has 1 aliphatic rings. The Morgan fingerprint density at radius 2 is 2.05 bits per heavy atom. The summed E-state index contributed by atoms with van der Waals surface area (Å²) in [4.78, 5) is 15.2. The average molecular weight is 275 g/mol. The van der Waals surface area contributed by atoms with Crippen molar-refractivity contribution in [1.29, 1.82) is 0 Å². The van der Waals surface area contributed by atoms with Crippen molar-refractivity contribution in [1.82, 2.24) is 10.4 Å². The molecule has 0 aliphatic carbocycles. The van der Waals surface area contributed by atoms with Gasteiger partial charge < -0.3 is 9.72 Å². The topological polar surface area (TPSA) is 66.5 Å². The number of aryl methyl sites for hydroxylation is 1. The Bertz CT molecular complexity index is 595. The number of aromatic amines is 1. The minimum Gasteiger partial charge on any atom is -0.473 e. The van der Waals surface area contributed by atoms with Gasteiger partial charge in [-0.2, -0.15) is 0 Å². The molecule has 108 valence electrons. The number of carbonyl (C=O) groups is 1. The van der Waals surface area contributed by atoms with E-state index in [1.54, 1.807) is 0 Å². The molecule has 1 amide bonds. The lowest BCUT2D eigenvalue weighted by Gasteiger charge is -2.08. The maximum Gasteiger partial charge on any atom is 0.277 e. The molecule has 5 heteroatoms. The van der Waals surface area contributed by atoms with Crippen LogP contribution in [-0.4, -0.2) is 22.9 Å². The van der Waals surface area contributed by atoms with Crippen molar-refractivity contribution >= 4 is 17.9 Å². The van der Waals surface area contributed by atoms with Crippen LogP contribution in [0.25, 0.3) is 6.08 Å². The molecule has 1 aliphatic heterocycles. The predicted octanol–water partition coefficient (Wildman–Crippen LogP) is 2.45. The Labute approximate surface area is 119 Å². The summed E-state index contributed by atoms with van der Waals surface area (Å²) in [6, 6.07) is 0. The highest BCUT2D eigenvalue weighted by Gasteiger charge is 2.25. The van der Waals surface area contributed by atoms with Gasteiger partial charge in [-0.15, -0.1) is 5.10 Å². The van der Waals surface area contributed by atoms with Gasteiger partial charge in [0.25, 0.3) is 5.91 Å². The van der Waals surface area contributed by atoms with Gasteiger partial charge in [0.2, 0.25) is 5.90 Å². The summed E-state index contributed by atoms with van der Waals surface area (Å²) in [5.74, 6) is 0.125. The van der Waals surface area contributed by atoms with Crippen LogP contribution < -0.4 is 5.43 Å². The molecule has 0 spiro atoms. The molecule has 0 radical (unpaired) electrons. The first kappa shape index (κ1) is 14.4. The highest BCUT2D eigenvalue weighted by atomic mass is 16.5. The quantitative estimate of drug-likeness (QED) is 0.832. The molecule has 20 heavy (non-hydrogen) atoms. The van der Waals surface area contributed by atoms with Crippen LogP contribution in [0, 0.1) is 13.8 Å². The standard InChI is InChI=1S/C15H21N3O2/c1-6-11-9(4)13(16-10(11)5)7-12-14(19)17-18-15(12)20-8(2)3/h7-8,16H,6H2,1-5H3,(H,17,19)/b12-7-. The summed E-state index contributed by atoms with van der Waals surface area (Å²) in [7, 11) is 0. The lowest BCUT2D eigenvalue weighted by molar-refractivity contribution is -0.116. The molecule has 1 aromatic rings. The van der Waals surface area contributed by atoms with Gasteiger partial charge in [0.1, 0.15) is 5.57 Å². The molecule has 2 rings (SSSR count). The molecular weight excluding hydrogens is 254 g/mol. The summed E-state index contributed by atoms with van der Waals surface area (Å²) in [5.41, 5.74) is 7.44. The van der Waals surface area contributed by atoms with Crippen molar-refractivity contribution in [3.05, 3.63) is 28.1 Å². The fourth-order valence-electron chi connectivity index (χ4n) is 2.39. The number of hydrogen-bond donors (Lipinski definition) is 2. The summed E-state index contributed by atoms with van der Waals surface area (Å²) in [6.45, 7) is 10.0. The smallest absolute Gasteiger partial charge is 0.277 e. The van der Waals surface area contributed by atoms with Crippen LogP contribution in [0.15, 0.2) is 10.7 Å². The number of ether oxygens (including phenoxy) is 1. The fourth-order valence-corrected chi connectivity index (χ4v) is 2.39. The van der Waals surface area contributed by atoms with Gasteiger partial charge in [-0.3, -0.25) is 4.79 Å². The van der Waals surface area contributed by atoms with Crippen LogP contribution in [0.4, 0.5) is 0 Å². The highest BCUT2D eigenvalue weighted by molar-refractivity contribution is 6.24. The van der Waals surface area contributed by atoms with Crippen LogP contribution in [0.2, 0.25) is 0 Å². The largest absolute Gasteiger partial charge is 0.473 e. The normalized spacial score (nSPS) is 16.8. The first-order chi connectivity index (χ1) is 9.43. The molecule has 0 unspecified atom stereocenters. The van der Waals surface area contributed by atoms with Crippen LogP contribution in [0.1, 0.15) is 43.3 Å². The van der Waals surface area contributed by atoms with E-state index in [0.717, 1.165) is 17.8 Å². The third-order valence-corrected chi connectivity index (χ3v) is 3.36. The summed E-state index contributed by atoms with van der Waals surface area (Å²) in [5, 5.41) is 3.93. The van der Waals surface area contributed by atoms with Crippen molar-refractivity contribution in [3.63, 3.8) is 0 Å². The summed E-state index contributed by atoms with van der Waals surface area (Å²) in [6.07, 6.45) is 2.75.